The van der Waals surface area contributed by atoms with Crippen molar-refractivity contribution in [1.82, 2.24) is 9.71 Å². The summed E-state index contributed by atoms with van der Waals surface area (Å²) in [4.78, 5) is 19.9. The van der Waals surface area contributed by atoms with Gasteiger partial charge in [0, 0.05) is 22.9 Å². The van der Waals surface area contributed by atoms with Gasteiger partial charge in [-0.1, -0.05) is 48.3 Å². The molecule has 0 bridgehead atoms. The van der Waals surface area contributed by atoms with Gasteiger partial charge in [0.25, 0.3) is 5.91 Å². The van der Waals surface area contributed by atoms with Crippen molar-refractivity contribution in [2.24, 2.45) is 0 Å². The lowest BCUT2D eigenvalue weighted by atomic mass is 10.2. The zero-order chi connectivity index (χ0) is 19.2. The van der Waals surface area contributed by atoms with Crippen molar-refractivity contribution >= 4 is 40.0 Å². The number of carbonyl (C=O) groups excluding carboxylic acids is 1. The summed E-state index contributed by atoms with van der Waals surface area (Å²) in [6, 6.07) is 18.0. The number of nitrogens with one attached hydrogen (secondary N) is 1. The number of thiazole rings is 1. The van der Waals surface area contributed by atoms with E-state index in [1.807, 2.05) is 55.6 Å². The zero-order valence-electron chi connectivity index (χ0n) is 15.4. The number of aryl methyl sites for hydroxylation is 1. The fourth-order valence-corrected chi connectivity index (χ4v) is 3.87. The highest BCUT2D eigenvalue weighted by atomic mass is 32.2. The molecule has 0 fully saturated rings. The maximum atomic E-state index is 12.3. The van der Waals surface area contributed by atoms with Gasteiger partial charge < -0.3 is 9.64 Å². The van der Waals surface area contributed by atoms with Crippen molar-refractivity contribution in [1.29, 1.82) is 0 Å². The highest BCUT2D eigenvalue weighted by Gasteiger charge is 2.20. The standard InChI is InChI=1S/C20H21N3O2S2/c1-14-18(19(24)22-26-3)21-20(27-14)23(13-15-8-5-4-6-9-15)16-10-7-11-17(12-16)25-2/h4-12H,13H2,1-3H3,(H,22,24). The van der Waals surface area contributed by atoms with Crippen LogP contribution in [0.5, 0.6) is 5.75 Å². The zero-order valence-corrected chi connectivity index (χ0v) is 17.1. The van der Waals surface area contributed by atoms with Crippen LogP contribution in [0.1, 0.15) is 20.9 Å². The van der Waals surface area contributed by atoms with Crippen molar-refractivity contribution in [3.8, 4) is 5.75 Å². The molecule has 140 valence electrons. The fourth-order valence-electron chi connectivity index (χ4n) is 2.66. The van der Waals surface area contributed by atoms with E-state index in [0.29, 0.717) is 12.2 Å². The Kier molecular flexibility index (Phi) is 6.36. The Morgan fingerprint density at radius 1 is 1.22 bits per heavy atom. The number of hydrogen-bond acceptors (Lipinski definition) is 6. The number of ether oxygens (including phenoxy) is 1. The minimum absolute atomic E-state index is 0.173. The number of hydrogen-bond donors (Lipinski definition) is 1. The summed E-state index contributed by atoms with van der Waals surface area (Å²) in [5, 5.41) is 0.774. The molecule has 3 rings (SSSR count). The predicted octanol–water partition coefficient (Wildman–Crippen LogP) is 4.81. The van der Waals surface area contributed by atoms with E-state index in [1.165, 1.54) is 23.3 Å². The topological polar surface area (TPSA) is 54.5 Å². The van der Waals surface area contributed by atoms with Crippen LogP contribution in [0.15, 0.2) is 54.6 Å². The van der Waals surface area contributed by atoms with Crippen LogP contribution < -0.4 is 14.4 Å². The smallest absolute Gasteiger partial charge is 0.280 e. The predicted molar refractivity (Wildman–Crippen MR) is 113 cm³/mol. The highest BCUT2D eigenvalue weighted by Crippen LogP contribution is 2.34. The molecule has 0 unspecified atom stereocenters. The van der Waals surface area contributed by atoms with E-state index in [9.17, 15) is 4.79 Å². The lowest BCUT2D eigenvalue weighted by Gasteiger charge is -2.22. The van der Waals surface area contributed by atoms with Gasteiger partial charge >= 0.3 is 0 Å². The Balaban J connectivity index is 2.01. The van der Waals surface area contributed by atoms with E-state index >= 15 is 0 Å². The van der Waals surface area contributed by atoms with Crippen molar-refractivity contribution < 1.29 is 9.53 Å². The third-order valence-electron chi connectivity index (χ3n) is 3.97. The molecular weight excluding hydrogens is 378 g/mol. The summed E-state index contributed by atoms with van der Waals surface area (Å²) >= 11 is 2.78. The Morgan fingerprint density at radius 3 is 2.70 bits per heavy atom. The third kappa shape index (κ3) is 4.61. The first-order valence-electron chi connectivity index (χ1n) is 8.38. The van der Waals surface area contributed by atoms with E-state index < -0.39 is 0 Å². The van der Waals surface area contributed by atoms with Crippen molar-refractivity contribution in [2.75, 3.05) is 18.3 Å². The van der Waals surface area contributed by atoms with Crippen LogP contribution >= 0.6 is 23.3 Å². The van der Waals surface area contributed by atoms with Gasteiger partial charge in [-0.25, -0.2) is 4.98 Å². The third-order valence-corrected chi connectivity index (χ3v) is 5.36. The van der Waals surface area contributed by atoms with E-state index in [-0.39, 0.29) is 5.91 Å². The summed E-state index contributed by atoms with van der Waals surface area (Å²) in [5.41, 5.74) is 2.58. The summed E-state index contributed by atoms with van der Waals surface area (Å²) < 4.78 is 8.13. The van der Waals surface area contributed by atoms with Gasteiger partial charge in [-0.05, 0) is 24.6 Å². The fraction of sp³-hybridized carbons (Fsp3) is 0.200. The van der Waals surface area contributed by atoms with Crippen LogP contribution in [0.3, 0.4) is 0 Å². The number of aromatic nitrogens is 1. The summed E-state index contributed by atoms with van der Waals surface area (Å²) in [5.74, 6) is 0.604. The summed E-state index contributed by atoms with van der Waals surface area (Å²) in [7, 11) is 1.65. The van der Waals surface area contributed by atoms with Gasteiger partial charge in [0.2, 0.25) is 0 Å². The maximum absolute atomic E-state index is 12.3. The molecule has 0 saturated carbocycles. The second-order valence-corrected chi connectivity index (χ2v) is 7.60. The molecule has 1 amide bonds. The van der Waals surface area contributed by atoms with E-state index in [4.69, 9.17) is 4.74 Å². The van der Waals surface area contributed by atoms with E-state index in [1.54, 1.807) is 7.11 Å². The molecule has 3 aromatic rings. The number of amides is 1. The lowest BCUT2D eigenvalue weighted by molar-refractivity contribution is 0.0980. The first-order valence-corrected chi connectivity index (χ1v) is 10.4. The van der Waals surface area contributed by atoms with E-state index in [0.717, 1.165) is 27.0 Å². The highest BCUT2D eigenvalue weighted by molar-refractivity contribution is 7.97. The van der Waals surface area contributed by atoms with Gasteiger partial charge in [-0.3, -0.25) is 9.52 Å². The van der Waals surface area contributed by atoms with Crippen LogP contribution in [0.2, 0.25) is 0 Å². The molecule has 0 saturated heterocycles. The SMILES string of the molecule is COc1cccc(N(Cc2ccccc2)c2nc(C(=O)NSC)c(C)s2)c1. The largest absolute Gasteiger partial charge is 0.497 e. The maximum Gasteiger partial charge on any atom is 0.280 e. The number of anilines is 2. The van der Waals surface area contributed by atoms with Gasteiger partial charge in [0.05, 0.1) is 13.7 Å². The molecule has 0 atom stereocenters. The molecule has 7 heteroatoms. The molecule has 1 heterocycles. The van der Waals surface area contributed by atoms with Crippen LogP contribution in [0, 0.1) is 6.92 Å². The van der Waals surface area contributed by atoms with Crippen molar-refractivity contribution in [3.63, 3.8) is 0 Å². The molecule has 1 N–H and O–H groups in total. The molecule has 0 aliphatic carbocycles. The van der Waals surface area contributed by atoms with E-state index in [2.05, 4.69) is 26.7 Å². The monoisotopic (exact) mass is 399 g/mol. The molecular formula is C20H21N3O2S2. The Hall–Kier alpha value is -2.51. The Labute approximate surface area is 167 Å². The number of methoxy groups -OCH3 is 1. The number of nitrogens with zero attached hydrogens (tertiary/aromatic N) is 2. The van der Waals surface area contributed by atoms with Crippen LogP contribution in [0.4, 0.5) is 10.8 Å². The van der Waals surface area contributed by atoms with Gasteiger partial charge in [-0.15, -0.1) is 11.3 Å². The molecule has 0 aliphatic rings. The van der Waals surface area contributed by atoms with Crippen LogP contribution in [-0.2, 0) is 6.54 Å². The van der Waals surface area contributed by atoms with Crippen LogP contribution in [0.25, 0.3) is 0 Å². The van der Waals surface area contributed by atoms with Crippen molar-refractivity contribution in [2.45, 2.75) is 13.5 Å². The summed E-state index contributed by atoms with van der Waals surface area (Å²) in [6.45, 7) is 2.56. The quantitative estimate of drug-likeness (QED) is 0.578. The molecule has 0 aliphatic heterocycles. The minimum atomic E-state index is -0.173. The lowest BCUT2D eigenvalue weighted by Crippen LogP contribution is -2.19. The first-order chi connectivity index (χ1) is 13.1. The first kappa shape index (κ1) is 19.3. The minimum Gasteiger partial charge on any atom is -0.497 e. The van der Waals surface area contributed by atoms with Crippen LogP contribution in [-0.4, -0.2) is 24.3 Å². The molecule has 27 heavy (non-hydrogen) atoms. The number of carbonyl (C=O) groups is 1. The number of benzene rings is 2. The van der Waals surface area contributed by atoms with Crippen molar-refractivity contribution in [3.05, 3.63) is 70.7 Å². The Morgan fingerprint density at radius 2 is 2.00 bits per heavy atom. The second kappa shape index (κ2) is 8.92. The molecule has 0 radical (unpaired) electrons. The Bertz CT molecular complexity index is 913. The average molecular weight is 400 g/mol. The average Bonchev–Trinajstić information content (AvgIpc) is 3.08. The second-order valence-electron chi connectivity index (χ2n) is 5.81. The molecule has 1 aromatic heterocycles. The molecule has 5 nitrogen and oxygen atoms in total. The van der Waals surface area contributed by atoms with Gasteiger partial charge in [0.1, 0.15) is 11.4 Å². The normalized spacial score (nSPS) is 10.5. The summed E-state index contributed by atoms with van der Waals surface area (Å²) in [6.07, 6.45) is 1.82. The number of rotatable bonds is 7. The molecule has 2 aromatic carbocycles. The molecule has 0 spiro atoms. The van der Waals surface area contributed by atoms with Gasteiger partial charge in [-0.2, -0.15) is 0 Å². The van der Waals surface area contributed by atoms with Gasteiger partial charge in [0.15, 0.2) is 5.13 Å².